The quantitative estimate of drug-likeness (QED) is 0.732. The zero-order valence-corrected chi connectivity index (χ0v) is 13.8. The highest BCUT2D eigenvalue weighted by Crippen LogP contribution is 2.28. The van der Waals surface area contributed by atoms with Crippen LogP contribution in [0.25, 0.3) is 0 Å². The lowest BCUT2D eigenvalue weighted by atomic mass is 9.98. The van der Waals surface area contributed by atoms with E-state index in [-0.39, 0.29) is 16.9 Å². The summed E-state index contributed by atoms with van der Waals surface area (Å²) in [5.41, 5.74) is 1.73. The molecule has 2 rings (SSSR count). The molecular weight excluding hydrogens is 360 g/mol. The number of halogens is 4. The maximum Gasteiger partial charge on any atom is 0.141 e. The molecule has 0 saturated carbocycles. The molecule has 0 aliphatic rings. The van der Waals surface area contributed by atoms with Crippen molar-refractivity contribution < 1.29 is 8.78 Å². The maximum absolute atomic E-state index is 13.4. The van der Waals surface area contributed by atoms with E-state index < -0.39 is 5.82 Å². The third-order valence-corrected chi connectivity index (χ3v) is 4.05. The number of hydrogen-bond acceptors (Lipinski definition) is 1. The zero-order valence-electron chi connectivity index (χ0n) is 11.5. The number of rotatable bonds is 5. The van der Waals surface area contributed by atoms with Crippen LogP contribution in [-0.2, 0) is 0 Å². The second-order valence-electron chi connectivity index (χ2n) is 4.73. The molecule has 1 N–H and O–H groups in total. The third-order valence-electron chi connectivity index (χ3n) is 3.15. The van der Waals surface area contributed by atoms with E-state index in [2.05, 4.69) is 28.2 Å². The Bertz CT molecular complexity index is 582. The van der Waals surface area contributed by atoms with Crippen molar-refractivity contribution in [1.29, 1.82) is 0 Å². The first-order valence-electron chi connectivity index (χ1n) is 6.66. The first-order valence-corrected chi connectivity index (χ1v) is 7.83. The van der Waals surface area contributed by atoms with Gasteiger partial charge in [-0.05, 0) is 64.3 Å². The van der Waals surface area contributed by atoms with Gasteiger partial charge >= 0.3 is 0 Å². The zero-order chi connectivity index (χ0) is 15.4. The number of benzene rings is 2. The highest BCUT2D eigenvalue weighted by atomic mass is 79.9. The average Bonchev–Trinajstić information content (AvgIpc) is 2.46. The van der Waals surface area contributed by atoms with Gasteiger partial charge in [0.1, 0.15) is 11.6 Å². The largest absolute Gasteiger partial charge is 0.306 e. The van der Waals surface area contributed by atoms with E-state index in [1.807, 2.05) is 0 Å². The molecule has 5 heteroatoms. The van der Waals surface area contributed by atoms with Crippen molar-refractivity contribution in [3.63, 3.8) is 0 Å². The Morgan fingerprint density at radius 1 is 1.10 bits per heavy atom. The summed E-state index contributed by atoms with van der Waals surface area (Å²) in [7, 11) is 0. The summed E-state index contributed by atoms with van der Waals surface area (Å²) in [6, 6.07) is 9.31. The summed E-state index contributed by atoms with van der Waals surface area (Å²) in [6.45, 7) is 2.84. The SMILES string of the molecule is CCCNC(c1ccc(F)c(Cl)c1)c1ccc(F)c(Br)c1. The lowest BCUT2D eigenvalue weighted by Crippen LogP contribution is -2.23. The fourth-order valence-corrected chi connectivity index (χ4v) is 2.69. The van der Waals surface area contributed by atoms with Crippen molar-refractivity contribution in [2.45, 2.75) is 19.4 Å². The Balaban J connectivity index is 2.41. The van der Waals surface area contributed by atoms with Crippen LogP contribution in [0, 0.1) is 11.6 Å². The van der Waals surface area contributed by atoms with Gasteiger partial charge in [0.05, 0.1) is 15.5 Å². The molecule has 21 heavy (non-hydrogen) atoms. The Hall–Kier alpha value is -0.970. The van der Waals surface area contributed by atoms with Gasteiger partial charge in [-0.2, -0.15) is 0 Å². The molecule has 0 heterocycles. The van der Waals surface area contributed by atoms with Gasteiger partial charge in [0.2, 0.25) is 0 Å². The topological polar surface area (TPSA) is 12.0 Å². The minimum absolute atomic E-state index is 0.0805. The molecule has 1 unspecified atom stereocenters. The molecule has 0 saturated heterocycles. The van der Waals surface area contributed by atoms with Crippen LogP contribution in [0.4, 0.5) is 8.78 Å². The summed E-state index contributed by atoms with van der Waals surface area (Å²) in [5, 5.41) is 3.45. The summed E-state index contributed by atoms with van der Waals surface area (Å²) < 4.78 is 27.1. The Morgan fingerprint density at radius 3 is 2.29 bits per heavy atom. The van der Waals surface area contributed by atoms with E-state index in [0.717, 1.165) is 24.1 Å². The second-order valence-corrected chi connectivity index (χ2v) is 6.00. The molecule has 2 aromatic rings. The van der Waals surface area contributed by atoms with Crippen molar-refractivity contribution in [3.8, 4) is 0 Å². The van der Waals surface area contributed by atoms with Gasteiger partial charge in [0.25, 0.3) is 0 Å². The number of hydrogen-bond donors (Lipinski definition) is 1. The molecule has 0 bridgehead atoms. The lowest BCUT2D eigenvalue weighted by molar-refractivity contribution is 0.587. The molecular formula is C16H15BrClF2N. The predicted octanol–water partition coefficient (Wildman–Crippen LogP) is 5.47. The Morgan fingerprint density at radius 2 is 1.71 bits per heavy atom. The highest BCUT2D eigenvalue weighted by Gasteiger charge is 2.16. The van der Waals surface area contributed by atoms with Crippen LogP contribution in [0.15, 0.2) is 40.9 Å². The fraction of sp³-hybridized carbons (Fsp3) is 0.250. The highest BCUT2D eigenvalue weighted by molar-refractivity contribution is 9.10. The van der Waals surface area contributed by atoms with Crippen LogP contribution < -0.4 is 5.32 Å². The van der Waals surface area contributed by atoms with Crippen molar-refractivity contribution in [3.05, 3.63) is 68.7 Å². The fourth-order valence-electron chi connectivity index (χ4n) is 2.10. The van der Waals surface area contributed by atoms with Crippen LogP contribution in [0.2, 0.25) is 5.02 Å². The van der Waals surface area contributed by atoms with Gasteiger partial charge in [-0.3, -0.25) is 0 Å². The molecule has 0 aromatic heterocycles. The molecule has 0 amide bonds. The van der Waals surface area contributed by atoms with Crippen molar-refractivity contribution >= 4 is 27.5 Å². The lowest BCUT2D eigenvalue weighted by Gasteiger charge is -2.20. The minimum atomic E-state index is -0.449. The first kappa shape index (κ1) is 16.4. The minimum Gasteiger partial charge on any atom is -0.306 e. The van der Waals surface area contributed by atoms with Crippen LogP contribution in [0.1, 0.15) is 30.5 Å². The molecule has 0 fully saturated rings. The van der Waals surface area contributed by atoms with Gasteiger partial charge in [0.15, 0.2) is 0 Å². The van der Waals surface area contributed by atoms with E-state index in [0.29, 0.717) is 4.47 Å². The van der Waals surface area contributed by atoms with Crippen molar-refractivity contribution in [2.24, 2.45) is 0 Å². The summed E-state index contributed by atoms with van der Waals surface area (Å²) in [6.07, 6.45) is 0.952. The Kier molecular flexibility index (Phi) is 5.73. The van der Waals surface area contributed by atoms with E-state index in [1.165, 1.54) is 12.1 Å². The molecule has 0 aliphatic heterocycles. The van der Waals surface area contributed by atoms with Gasteiger partial charge in [0, 0.05) is 0 Å². The van der Waals surface area contributed by atoms with Crippen molar-refractivity contribution in [2.75, 3.05) is 6.54 Å². The second kappa shape index (κ2) is 7.34. The van der Waals surface area contributed by atoms with E-state index in [9.17, 15) is 8.78 Å². The third kappa shape index (κ3) is 4.02. The molecule has 0 radical (unpaired) electrons. The van der Waals surface area contributed by atoms with Gasteiger partial charge in [-0.15, -0.1) is 0 Å². The normalized spacial score (nSPS) is 12.4. The standard InChI is InChI=1S/C16H15BrClF2N/c1-2-7-21-16(10-3-5-14(19)12(17)8-10)11-4-6-15(20)13(18)9-11/h3-6,8-9,16,21H,2,7H2,1H3. The van der Waals surface area contributed by atoms with Crippen LogP contribution in [0.3, 0.4) is 0 Å². The van der Waals surface area contributed by atoms with Gasteiger partial charge in [-0.25, -0.2) is 8.78 Å². The van der Waals surface area contributed by atoms with Crippen LogP contribution >= 0.6 is 27.5 Å². The van der Waals surface area contributed by atoms with Crippen LogP contribution in [0.5, 0.6) is 0 Å². The monoisotopic (exact) mass is 373 g/mol. The molecule has 1 atom stereocenters. The predicted molar refractivity (Wildman–Crippen MR) is 85.6 cm³/mol. The van der Waals surface area contributed by atoms with E-state index in [1.54, 1.807) is 24.3 Å². The van der Waals surface area contributed by atoms with Gasteiger partial charge < -0.3 is 5.32 Å². The molecule has 1 nitrogen and oxygen atoms in total. The first-order chi connectivity index (χ1) is 10.0. The smallest absolute Gasteiger partial charge is 0.141 e. The molecule has 2 aromatic carbocycles. The average molecular weight is 375 g/mol. The molecule has 0 spiro atoms. The van der Waals surface area contributed by atoms with Crippen molar-refractivity contribution in [1.82, 2.24) is 5.32 Å². The Labute approximate surface area is 136 Å². The van der Waals surface area contributed by atoms with E-state index in [4.69, 9.17) is 11.6 Å². The van der Waals surface area contributed by atoms with Gasteiger partial charge in [-0.1, -0.05) is 30.7 Å². The number of nitrogens with one attached hydrogen (secondary N) is 1. The molecule has 0 aliphatic carbocycles. The maximum atomic E-state index is 13.4. The van der Waals surface area contributed by atoms with Crippen LogP contribution in [-0.4, -0.2) is 6.54 Å². The molecule has 112 valence electrons. The summed E-state index contributed by atoms with van der Waals surface area (Å²) in [5.74, 6) is -0.764. The summed E-state index contributed by atoms with van der Waals surface area (Å²) >= 11 is 9.06. The summed E-state index contributed by atoms with van der Waals surface area (Å²) in [4.78, 5) is 0. The van der Waals surface area contributed by atoms with E-state index >= 15 is 0 Å².